The van der Waals surface area contributed by atoms with E-state index in [0.29, 0.717) is 0 Å². The molecule has 80 valence electrons. The normalized spacial score (nSPS) is 12.1. The van der Waals surface area contributed by atoms with E-state index in [9.17, 15) is 13.2 Å². The van der Waals surface area contributed by atoms with Gasteiger partial charge in [-0.15, -0.1) is 0 Å². The molecule has 0 saturated carbocycles. The molecular weight excluding hydrogens is 197 g/mol. The lowest BCUT2D eigenvalue weighted by atomic mass is 10.1. The summed E-state index contributed by atoms with van der Waals surface area (Å²) in [5, 5.41) is 0. The van der Waals surface area contributed by atoms with E-state index >= 15 is 0 Å². The molecule has 1 rings (SSSR count). The van der Waals surface area contributed by atoms with Crippen LogP contribution in [0.2, 0.25) is 0 Å². The zero-order chi connectivity index (χ0) is 10.8. The summed E-state index contributed by atoms with van der Waals surface area (Å²) in [7, 11) is 0. The quantitative estimate of drug-likeness (QED) is 0.760. The molecule has 0 fully saturated rings. The molecule has 0 bridgehead atoms. The molecule has 0 aliphatic heterocycles. The van der Waals surface area contributed by atoms with Crippen molar-refractivity contribution in [2.75, 3.05) is 6.61 Å². The Morgan fingerprint density at radius 1 is 1.43 bits per heavy atom. The molecule has 1 heterocycles. The van der Waals surface area contributed by atoms with Gasteiger partial charge in [0.05, 0.1) is 6.26 Å². The third-order valence-electron chi connectivity index (χ3n) is 1.64. The number of alkyl halides is 3. The number of halogens is 3. The molecule has 14 heavy (non-hydrogen) atoms. The molecular formula is C9H11F3O2. The van der Waals surface area contributed by atoms with E-state index in [0.717, 1.165) is 5.56 Å². The number of ether oxygens (including phenoxy) is 1. The van der Waals surface area contributed by atoms with Crippen LogP contribution < -0.4 is 4.74 Å². The Balaban J connectivity index is 2.52. The molecule has 0 unspecified atom stereocenters. The smallest absolute Gasteiger partial charge is 0.422 e. The van der Waals surface area contributed by atoms with Crippen LogP contribution >= 0.6 is 0 Å². The van der Waals surface area contributed by atoms with Gasteiger partial charge in [-0.05, 0) is 11.5 Å². The highest BCUT2D eigenvalue weighted by Gasteiger charge is 2.29. The lowest BCUT2D eigenvalue weighted by Gasteiger charge is -2.05. The van der Waals surface area contributed by atoms with Crippen LogP contribution in [0, 0.1) is 0 Å². The monoisotopic (exact) mass is 208 g/mol. The van der Waals surface area contributed by atoms with Crippen LogP contribution in [0.15, 0.2) is 16.7 Å². The van der Waals surface area contributed by atoms with E-state index in [-0.39, 0.29) is 11.9 Å². The SMILES string of the molecule is CC(C)c1coc(OCC(F)(F)F)c1. The molecule has 1 aromatic rings. The molecule has 0 aliphatic rings. The minimum atomic E-state index is -4.33. The third kappa shape index (κ3) is 3.32. The topological polar surface area (TPSA) is 22.4 Å². The first-order valence-electron chi connectivity index (χ1n) is 4.16. The Labute approximate surface area is 79.7 Å². The van der Waals surface area contributed by atoms with Gasteiger partial charge in [-0.1, -0.05) is 13.8 Å². The van der Waals surface area contributed by atoms with E-state index in [2.05, 4.69) is 4.74 Å². The number of rotatable bonds is 3. The minimum absolute atomic E-state index is 0.0916. The van der Waals surface area contributed by atoms with Gasteiger partial charge in [0.15, 0.2) is 6.61 Å². The maximum absolute atomic E-state index is 11.7. The summed E-state index contributed by atoms with van der Waals surface area (Å²) in [4.78, 5) is 0. The number of hydrogen-bond donors (Lipinski definition) is 0. The molecule has 0 saturated heterocycles. The molecule has 0 aromatic carbocycles. The van der Waals surface area contributed by atoms with Gasteiger partial charge < -0.3 is 9.15 Å². The Kier molecular flexibility index (Phi) is 3.08. The first-order valence-corrected chi connectivity index (χ1v) is 4.16. The fourth-order valence-corrected chi connectivity index (χ4v) is 0.862. The first-order chi connectivity index (χ1) is 6.38. The van der Waals surface area contributed by atoms with Gasteiger partial charge in [-0.3, -0.25) is 0 Å². The maximum Gasteiger partial charge on any atom is 0.422 e. The van der Waals surface area contributed by atoms with Crippen molar-refractivity contribution < 1.29 is 22.3 Å². The van der Waals surface area contributed by atoms with Gasteiger partial charge in [0.25, 0.3) is 5.95 Å². The largest absolute Gasteiger partial charge is 0.455 e. The highest BCUT2D eigenvalue weighted by molar-refractivity contribution is 5.19. The van der Waals surface area contributed by atoms with Crippen molar-refractivity contribution in [1.29, 1.82) is 0 Å². The maximum atomic E-state index is 11.7. The molecule has 0 amide bonds. The average Bonchev–Trinajstić information content (AvgIpc) is 2.47. The van der Waals surface area contributed by atoms with Crippen LogP contribution in [0.1, 0.15) is 25.3 Å². The predicted octanol–water partition coefficient (Wildman–Crippen LogP) is 3.34. The summed E-state index contributed by atoms with van der Waals surface area (Å²) >= 11 is 0. The first kappa shape index (κ1) is 10.9. The third-order valence-corrected chi connectivity index (χ3v) is 1.64. The van der Waals surface area contributed by atoms with Crippen molar-refractivity contribution in [2.45, 2.75) is 25.9 Å². The number of furan rings is 1. The Hall–Kier alpha value is -1.13. The Bertz CT molecular complexity index is 288. The fraction of sp³-hybridized carbons (Fsp3) is 0.556. The second kappa shape index (κ2) is 3.94. The summed E-state index contributed by atoms with van der Waals surface area (Å²) in [5.74, 6) is 0.119. The molecule has 0 N–H and O–H groups in total. The highest BCUT2D eigenvalue weighted by atomic mass is 19.4. The van der Waals surface area contributed by atoms with Gasteiger partial charge in [0, 0.05) is 6.07 Å². The van der Waals surface area contributed by atoms with E-state index < -0.39 is 12.8 Å². The molecule has 0 aliphatic carbocycles. The molecule has 1 aromatic heterocycles. The van der Waals surface area contributed by atoms with Crippen molar-refractivity contribution in [3.05, 3.63) is 17.9 Å². The molecule has 0 spiro atoms. The zero-order valence-electron chi connectivity index (χ0n) is 7.89. The molecule has 5 heteroatoms. The summed E-state index contributed by atoms with van der Waals surface area (Å²) in [6.45, 7) is 2.51. The van der Waals surface area contributed by atoms with Gasteiger partial charge >= 0.3 is 6.18 Å². The van der Waals surface area contributed by atoms with Crippen LogP contribution in [-0.2, 0) is 0 Å². The lowest BCUT2D eigenvalue weighted by Crippen LogP contribution is -2.18. The van der Waals surface area contributed by atoms with Crippen molar-refractivity contribution in [3.63, 3.8) is 0 Å². The zero-order valence-corrected chi connectivity index (χ0v) is 7.89. The fourth-order valence-electron chi connectivity index (χ4n) is 0.862. The number of hydrogen-bond acceptors (Lipinski definition) is 2. The molecule has 2 nitrogen and oxygen atoms in total. The highest BCUT2D eigenvalue weighted by Crippen LogP contribution is 2.24. The Morgan fingerprint density at radius 2 is 2.07 bits per heavy atom. The van der Waals surface area contributed by atoms with Crippen LogP contribution in [-0.4, -0.2) is 12.8 Å². The van der Waals surface area contributed by atoms with Crippen LogP contribution in [0.4, 0.5) is 13.2 Å². The van der Waals surface area contributed by atoms with Gasteiger partial charge in [-0.25, -0.2) is 0 Å². The van der Waals surface area contributed by atoms with Crippen molar-refractivity contribution >= 4 is 0 Å². The minimum Gasteiger partial charge on any atom is -0.455 e. The van der Waals surface area contributed by atoms with Crippen LogP contribution in [0.3, 0.4) is 0 Å². The van der Waals surface area contributed by atoms with Crippen LogP contribution in [0.25, 0.3) is 0 Å². The van der Waals surface area contributed by atoms with E-state index in [1.165, 1.54) is 12.3 Å². The van der Waals surface area contributed by atoms with Crippen molar-refractivity contribution in [1.82, 2.24) is 0 Å². The summed E-state index contributed by atoms with van der Waals surface area (Å²) in [6, 6.07) is 1.47. The van der Waals surface area contributed by atoms with Crippen molar-refractivity contribution in [2.24, 2.45) is 0 Å². The van der Waals surface area contributed by atoms with Gasteiger partial charge in [-0.2, -0.15) is 13.2 Å². The van der Waals surface area contributed by atoms with E-state index in [4.69, 9.17) is 4.42 Å². The van der Waals surface area contributed by atoms with Crippen LogP contribution in [0.5, 0.6) is 5.95 Å². The summed E-state index contributed by atoms with van der Waals surface area (Å²) in [6.07, 6.45) is -2.93. The van der Waals surface area contributed by atoms with E-state index in [1.807, 2.05) is 13.8 Å². The van der Waals surface area contributed by atoms with Gasteiger partial charge in [0.2, 0.25) is 0 Å². The van der Waals surface area contributed by atoms with Gasteiger partial charge in [0.1, 0.15) is 0 Å². The van der Waals surface area contributed by atoms with E-state index in [1.54, 1.807) is 0 Å². The van der Waals surface area contributed by atoms with Crippen molar-refractivity contribution in [3.8, 4) is 5.95 Å². The molecule has 0 radical (unpaired) electrons. The lowest BCUT2D eigenvalue weighted by molar-refractivity contribution is -0.156. The summed E-state index contributed by atoms with van der Waals surface area (Å²) < 4.78 is 44.4. The second-order valence-electron chi connectivity index (χ2n) is 3.26. The average molecular weight is 208 g/mol. The predicted molar refractivity (Wildman–Crippen MR) is 44.3 cm³/mol. The summed E-state index contributed by atoms with van der Waals surface area (Å²) in [5.41, 5.74) is 0.821. The standard InChI is InChI=1S/C9H11F3O2/c1-6(2)7-3-8(13-4-7)14-5-9(10,11)12/h3-4,6H,5H2,1-2H3. The molecule has 0 atom stereocenters. The second-order valence-corrected chi connectivity index (χ2v) is 3.26. The Morgan fingerprint density at radius 3 is 2.50 bits per heavy atom.